The van der Waals surface area contributed by atoms with E-state index in [0.29, 0.717) is 18.5 Å². The van der Waals surface area contributed by atoms with Crippen LogP contribution in [0.3, 0.4) is 0 Å². The van der Waals surface area contributed by atoms with Crippen molar-refractivity contribution in [3.8, 4) is 0 Å². The van der Waals surface area contributed by atoms with Gasteiger partial charge in [-0.05, 0) is 77.9 Å². The molecule has 3 aromatic carbocycles. The zero-order valence-electron chi connectivity index (χ0n) is 22.7. The van der Waals surface area contributed by atoms with E-state index in [4.69, 9.17) is 4.74 Å². The summed E-state index contributed by atoms with van der Waals surface area (Å²) in [7, 11) is 0. The van der Waals surface area contributed by atoms with Crippen molar-refractivity contribution in [1.82, 2.24) is 4.57 Å². The molecule has 1 aliphatic rings. The summed E-state index contributed by atoms with van der Waals surface area (Å²) < 4.78 is 60.9. The molecule has 40 heavy (non-hydrogen) atoms. The number of esters is 1. The lowest BCUT2D eigenvalue weighted by Crippen LogP contribution is -2.18. The highest BCUT2D eigenvalue weighted by atomic mass is 19.4. The Morgan fingerprint density at radius 3 is 2.35 bits per heavy atom. The number of nitrogens with zero attached hydrogens (tertiary/aromatic N) is 1. The third-order valence-corrected chi connectivity index (χ3v) is 7.55. The molecule has 0 saturated heterocycles. The third-order valence-electron chi connectivity index (χ3n) is 7.55. The normalized spacial score (nSPS) is 15.3. The minimum absolute atomic E-state index is 0.175. The molecule has 7 heteroatoms. The van der Waals surface area contributed by atoms with Crippen LogP contribution in [-0.2, 0) is 22.3 Å². The molecule has 3 nitrogen and oxygen atoms in total. The number of rotatable bonds is 7. The van der Waals surface area contributed by atoms with Gasteiger partial charge >= 0.3 is 12.1 Å². The van der Waals surface area contributed by atoms with Crippen molar-refractivity contribution in [1.29, 1.82) is 0 Å². The summed E-state index contributed by atoms with van der Waals surface area (Å²) in [6.45, 7) is 6.62. The van der Waals surface area contributed by atoms with E-state index in [-0.39, 0.29) is 36.7 Å². The largest absolute Gasteiger partial charge is 0.466 e. The Bertz CT molecular complexity index is 1560. The Labute approximate surface area is 231 Å². The van der Waals surface area contributed by atoms with Gasteiger partial charge in [-0.15, -0.1) is 0 Å². The first-order chi connectivity index (χ1) is 19.1. The SMILES string of the molecule is CCOC(=O)CC1CC=C(c2ccc(F)cc2)c2c1n(Cc1ccc(C(F)(F)F)cc1)c1ccc(C(C)C)cc21. The summed E-state index contributed by atoms with van der Waals surface area (Å²) in [6, 6.07) is 17.9. The summed E-state index contributed by atoms with van der Waals surface area (Å²) in [4.78, 5) is 12.7. The van der Waals surface area contributed by atoms with Gasteiger partial charge in [0.2, 0.25) is 0 Å². The van der Waals surface area contributed by atoms with Crippen LogP contribution in [0.2, 0.25) is 0 Å². The lowest BCUT2D eigenvalue weighted by Gasteiger charge is -2.26. The fourth-order valence-corrected chi connectivity index (χ4v) is 5.58. The number of fused-ring (bicyclic) bond motifs is 3. The van der Waals surface area contributed by atoms with Crippen molar-refractivity contribution in [3.05, 3.63) is 112 Å². The first kappa shape index (κ1) is 27.7. The molecule has 1 aromatic heterocycles. The van der Waals surface area contributed by atoms with Crippen LogP contribution in [0.5, 0.6) is 0 Å². The Morgan fingerprint density at radius 2 is 1.73 bits per heavy atom. The number of allylic oxidation sites excluding steroid dienone is 1. The first-order valence-electron chi connectivity index (χ1n) is 13.5. The van der Waals surface area contributed by atoms with E-state index in [1.54, 1.807) is 19.1 Å². The molecule has 0 bridgehead atoms. The van der Waals surface area contributed by atoms with E-state index in [9.17, 15) is 22.4 Å². The molecule has 208 valence electrons. The fraction of sp³-hybridized carbons (Fsp3) is 0.303. The van der Waals surface area contributed by atoms with Gasteiger partial charge in [0.1, 0.15) is 5.82 Å². The maximum atomic E-state index is 13.8. The van der Waals surface area contributed by atoms with Crippen molar-refractivity contribution in [2.24, 2.45) is 0 Å². The van der Waals surface area contributed by atoms with E-state index in [1.807, 2.05) is 0 Å². The van der Waals surface area contributed by atoms with E-state index in [1.165, 1.54) is 24.3 Å². The number of aromatic nitrogens is 1. The standard InChI is InChI=1S/C33H31F4NO2/c1-4-40-30(39)18-24-9-15-27(22-7-13-26(34)14-8-22)31-28-17-23(20(2)3)10-16-29(28)38(32(24)31)19-21-5-11-25(12-6-21)33(35,36)37/h5-8,10-17,20,24H,4,9,18-19H2,1-3H3. The van der Waals surface area contributed by atoms with Gasteiger partial charge in [0.05, 0.1) is 18.6 Å². The highest BCUT2D eigenvalue weighted by molar-refractivity contribution is 6.00. The number of hydrogen-bond donors (Lipinski definition) is 0. The minimum atomic E-state index is -4.41. The van der Waals surface area contributed by atoms with Crippen LogP contribution in [0.25, 0.3) is 16.5 Å². The topological polar surface area (TPSA) is 31.2 Å². The van der Waals surface area contributed by atoms with Crippen LogP contribution in [0.1, 0.15) is 79.0 Å². The average molecular weight is 550 g/mol. The molecule has 5 rings (SSSR count). The zero-order chi connectivity index (χ0) is 28.6. The highest BCUT2D eigenvalue weighted by Gasteiger charge is 2.33. The molecule has 0 N–H and O–H groups in total. The summed E-state index contributed by atoms with van der Waals surface area (Å²) in [5.41, 5.74) is 5.81. The van der Waals surface area contributed by atoms with Crippen LogP contribution in [0, 0.1) is 5.82 Å². The van der Waals surface area contributed by atoms with Crippen molar-refractivity contribution >= 4 is 22.4 Å². The van der Waals surface area contributed by atoms with Crippen molar-refractivity contribution in [3.63, 3.8) is 0 Å². The van der Waals surface area contributed by atoms with E-state index >= 15 is 0 Å². The third kappa shape index (κ3) is 5.42. The molecular weight excluding hydrogens is 518 g/mol. The molecule has 1 aliphatic carbocycles. The lowest BCUT2D eigenvalue weighted by atomic mass is 9.82. The summed E-state index contributed by atoms with van der Waals surface area (Å²) in [6.07, 6.45) is -1.57. The van der Waals surface area contributed by atoms with Crippen LogP contribution >= 0.6 is 0 Å². The molecule has 0 aliphatic heterocycles. The molecule has 0 spiro atoms. The highest BCUT2D eigenvalue weighted by Crippen LogP contribution is 2.46. The molecule has 4 aromatic rings. The second kappa shape index (κ2) is 11.0. The Kier molecular flexibility index (Phi) is 7.58. The van der Waals surface area contributed by atoms with Gasteiger partial charge in [0, 0.05) is 34.6 Å². The number of hydrogen-bond acceptors (Lipinski definition) is 2. The van der Waals surface area contributed by atoms with Gasteiger partial charge in [0.15, 0.2) is 0 Å². The van der Waals surface area contributed by atoms with Crippen LogP contribution in [-0.4, -0.2) is 17.1 Å². The average Bonchev–Trinajstić information content (AvgIpc) is 3.23. The number of carbonyl (C=O) groups is 1. The van der Waals surface area contributed by atoms with Gasteiger partial charge in [-0.2, -0.15) is 13.2 Å². The van der Waals surface area contributed by atoms with Gasteiger partial charge in [0.25, 0.3) is 0 Å². The lowest BCUT2D eigenvalue weighted by molar-refractivity contribution is -0.143. The Morgan fingerprint density at radius 1 is 1.02 bits per heavy atom. The van der Waals surface area contributed by atoms with Crippen molar-refractivity contribution < 1.29 is 27.1 Å². The maximum Gasteiger partial charge on any atom is 0.416 e. The summed E-state index contributed by atoms with van der Waals surface area (Å²) >= 11 is 0. The van der Waals surface area contributed by atoms with Gasteiger partial charge < -0.3 is 9.30 Å². The fourth-order valence-electron chi connectivity index (χ4n) is 5.58. The van der Waals surface area contributed by atoms with E-state index in [2.05, 4.69) is 42.7 Å². The molecule has 0 radical (unpaired) electrons. The summed E-state index contributed by atoms with van der Waals surface area (Å²) in [5, 5.41) is 0.997. The smallest absolute Gasteiger partial charge is 0.416 e. The second-order valence-electron chi connectivity index (χ2n) is 10.5. The molecule has 0 fully saturated rings. The van der Waals surface area contributed by atoms with Crippen LogP contribution < -0.4 is 0 Å². The molecule has 1 unspecified atom stereocenters. The van der Waals surface area contributed by atoms with Crippen LogP contribution in [0.15, 0.2) is 72.8 Å². The molecule has 1 atom stereocenters. The monoisotopic (exact) mass is 549 g/mol. The molecule has 0 amide bonds. The van der Waals surface area contributed by atoms with Crippen molar-refractivity contribution in [2.45, 2.75) is 58.2 Å². The number of halogens is 4. The Hall–Kier alpha value is -3.87. The predicted molar refractivity (Wildman–Crippen MR) is 149 cm³/mol. The maximum absolute atomic E-state index is 13.8. The number of ether oxygens (including phenoxy) is 1. The molecule has 0 saturated carbocycles. The summed E-state index contributed by atoms with van der Waals surface area (Å²) in [5.74, 6) is -0.545. The number of alkyl halides is 3. The predicted octanol–water partition coefficient (Wildman–Crippen LogP) is 8.84. The van der Waals surface area contributed by atoms with Gasteiger partial charge in [-0.25, -0.2) is 4.39 Å². The zero-order valence-corrected chi connectivity index (χ0v) is 22.7. The van der Waals surface area contributed by atoms with Gasteiger partial charge in [-0.3, -0.25) is 4.79 Å². The minimum Gasteiger partial charge on any atom is -0.466 e. The molecular formula is C33H31F4NO2. The van der Waals surface area contributed by atoms with Gasteiger partial charge in [-0.1, -0.05) is 50.3 Å². The van der Waals surface area contributed by atoms with Crippen LogP contribution in [0.4, 0.5) is 17.6 Å². The number of carbonyl (C=O) groups excluding carboxylic acids is 1. The molecule has 1 heterocycles. The van der Waals surface area contributed by atoms with Crippen molar-refractivity contribution in [2.75, 3.05) is 6.61 Å². The number of benzene rings is 3. The second-order valence-corrected chi connectivity index (χ2v) is 10.5. The first-order valence-corrected chi connectivity index (χ1v) is 13.5. The van der Waals surface area contributed by atoms with E-state index in [0.717, 1.165) is 51.0 Å². The quantitative estimate of drug-likeness (QED) is 0.170. The Balaban J connectivity index is 1.72. The van der Waals surface area contributed by atoms with E-state index < -0.39 is 11.7 Å².